The van der Waals surface area contributed by atoms with Crippen LogP contribution in [-0.4, -0.2) is 38.8 Å². The minimum Gasteiger partial charge on any atom is -0.493 e. The summed E-state index contributed by atoms with van der Waals surface area (Å²) in [6.45, 7) is 4.12. The topological polar surface area (TPSA) is 57.3 Å². The summed E-state index contributed by atoms with van der Waals surface area (Å²) in [7, 11) is 4.65. The van der Waals surface area contributed by atoms with Crippen LogP contribution in [0.5, 0.6) is 17.2 Å². The molecule has 0 radical (unpaired) electrons. The highest BCUT2D eigenvalue weighted by atomic mass is 32.1. The maximum Gasteiger partial charge on any atom is 0.206 e. The standard InChI is InChI=1S/C22H22FN3O3S/c1-5-10-24-22-26(18(14-30-22)16-8-6-7-9-17(16)23)25-13-15-11-19(27-2)21(29-4)20(12-15)28-3/h5-9,11-14H,1,10H2,2-4H3. The van der Waals surface area contributed by atoms with Crippen LogP contribution >= 0.6 is 11.3 Å². The maximum absolute atomic E-state index is 14.4. The number of thiazole rings is 1. The van der Waals surface area contributed by atoms with Gasteiger partial charge < -0.3 is 14.2 Å². The lowest BCUT2D eigenvalue weighted by Gasteiger charge is -2.12. The number of benzene rings is 2. The van der Waals surface area contributed by atoms with E-state index in [1.54, 1.807) is 68.6 Å². The van der Waals surface area contributed by atoms with Crippen LogP contribution in [-0.2, 0) is 0 Å². The molecule has 156 valence electrons. The molecule has 0 aliphatic carbocycles. The zero-order valence-electron chi connectivity index (χ0n) is 17.0. The highest BCUT2D eigenvalue weighted by molar-refractivity contribution is 7.07. The van der Waals surface area contributed by atoms with Gasteiger partial charge in [-0.05, 0) is 24.3 Å². The average Bonchev–Trinajstić information content (AvgIpc) is 3.17. The third-order valence-electron chi connectivity index (χ3n) is 4.20. The SMILES string of the molecule is C=CCN=c1scc(-c2ccccc2F)n1N=Cc1cc(OC)c(OC)c(OC)c1. The first kappa shape index (κ1) is 21.3. The fourth-order valence-electron chi connectivity index (χ4n) is 2.82. The van der Waals surface area contributed by atoms with Crippen LogP contribution in [0.15, 0.2) is 64.5 Å². The summed E-state index contributed by atoms with van der Waals surface area (Å²) < 4.78 is 32.1. The van der Waals surface area contributed by atoms with Crippen molar-refractivity contribution in [2.24, 2.45) is 10.1 Å². The van der Waals surface area contributed by atoms with Gasteiger partial charge in [0.25, 0.3) is 0 Å². The molecule has 3 aromatic rings. The van der Waals surface area contributed by atoms with Crippen LogP contribution in [0, 0.1) is 5.82 Å². The number of hydrogen-bond acceptors (Lipinski definition) is 6. The molecule has 1 aromatic heterocycles. The molecule has 0 unspecified atom stereocenters. The minimum absolute atomic E-state index is 0.331. The van der Waals surface area contributed by atoms with E-state index in [9.17, 15) is 4.39 Å². The van der Waals surface area contributed by atoms with Crippen molar-refractivity contribution in [3.8, 4) is 28.5 Å². The van der Waals surface area contributed by atoms with Crippen molar-refractivity contribution in [2.75, 3.05) is 27.9 Å². The number of halogens is 1. The van der Waals surface area contributed by atoms with Crippen molar-refractivity contribution in [1.29, 1.82) is 0 Å². The zero-order valence-corrected chi connectivity index (χ0v) is 17.8. The number of rotatable bonds is 8. The Hall–Kier alpha value is -3.39. The molecule has 0 N–H and O–H groups in total. The molecule has 3 rings (SSSR count). The lowest BCUT2D eigenvalue weighted by atomic mass is 10.1. The van der Waals surface area contributed by atoms with Gasteiger partial charge in [-0.3, -0.25) is 4.99 Å². The smallest absolute Gasteiger partial charge is 0.206 e. The van der Waals surface area contributed by atoms with E-state index < -0.39 is 0 Å². The summed E-state index contributed by atoms with van der Waals surface area (Å²) in [5, 5.41) is 6.39. The Kier molecular flexibility index (Phi) is 7.03. The fourth-order valence-corrected chi connectivity index (χ4v) is 3.65. The fraction of sp³-hybridized carbons (Fsp3) is 0.182. The van der Waals surface area contributed by atoms with Gasteiger partial charge >= 0.3 is 0 Å². The summed E-state index contributed by atoms with van der Waals surface area (Å²) in [5.41, 5.74) is 1.76. The second kappa shape index (κ2) is 9.89. The van der Waals surface area contributed by atoms with Crippen LogP contribution in [0.3, 0.4) is 0 Å². The van der Waals surface area contributed by atoms with Gasteiger partial charge in [-0.15, -0.1) is 17.9 Å². The Morgan fingerprint density at radius 2 is 1.80 bits per heavy atom. The van der Waals surface area contributed by atoms with E-state index in [-0.39, 0.29) is 5.82 Å². The predicted molar refractivity (Wildman–Crippen MR) is 117 cm³/mol. The predicted octanol–water partition coefficient (Wildman–Crippen LogP) is 4.35. The van der Waals surface area contributed by atoms with Crippen LogP contribution in [0.4, 0.5) is 4.39 Å². The number of nitrogens with zero attached hydrogens (tertiary/aromatic N) is 3. The molecule has 0 bridgehead atoms. The third kappa shape index (κ3) is 4.44. The van der Waals surface area contributed by atoms with Crippen molar-refractivity contribution in [1.82, 2.24) is 4.68 Å². The summed E-state index contributed by atoms with van der Waals surface area (Å²) in [6.07, 6.45) is 3.32. The minimum atomic E-state index is -0.331. The molecule has 0 saturated heterocycles. The van der Waals surface area contributed by atoms with Gasteiger partial charge in [-0.25, -0.2) is 9.07 Å². The van der Waals surface area contributed by atoms with Crippen molar-refractivity contribution in [2.45, 2.75) is 0 Å². The van der Waals surface area contributed by atoms with Crippen molar-refractivity contribution >= 4 is 17.6 Å². The molecule has 0 amide bonds. The van der Waals surface area contributed by atoms with E-state index in [2.05, 4.69) is 16.7 Å². The lowest BCUT2D eigenvalue weighted by Crippen LogP contribution is -2.13. The van der Waals surface area contributed by atoms with E-state index in [1.807, 2.05) is 5.38 Å². The summed E-state index contributed by atoms with van der Waals surface area (Å²) in [6, 6.07) is 10.1. The molecule has 6 nitrogen and oxygen atoms in total. The molecule has 0 aliphatic rings. The van der Waals surface area contributed by atoms with Crippen molar-refractivity contribution in [3.05, 3.63) is 70.6 Å². The van der Waals surface area contributed by atoms with Crippen LogP contribution in [0.25, 0.3) is 11.3 Å². The average molecular weight is 428 g/mol. The molecule has 30 heavy (non-hydrogen) atoms. The largest absolute Gasteiger partial charge is 0.493 e. The summed E-state index contributed by atoms with van der Waals surface area (Å²) in [5.74, 6) is 1.19. The molecule has 0 fully saturated rings. The quantitative estimate of drug-likeness (QED) is 0.397. The number of ether oxygens (including phenoxy) is 3. The number of methoxy groups -OCH3 is 3. The van der Waals surface area contributed by atoms with Crippen molar-refractivity contribution in [3.63, 3.8) is 0 Å². The van der Waals surface area contributed by atoms with E-state index in [0.29, 0.717) is 39.9 Å². The maximum atomic E-state index is 14.4. The van der Waals surface area contributed by atoms with Crippen molar-refractivity contribution < 1.29 is 18.6 Å². The van der Waals surface area contributed by atoms with E-state index in [1.165, 1.54) is 17.4 Å². The molecule has 0 atom stereocenters. The highest BCUT2D eigenvalue weighted by Crippen LogP contribution is 2.37. The van der Waals surface area contributed by atoms with E-state index in [0.717, 1.165) is 5.56 Å². The molecule has 0 aliphatic heterocycles. The first-order valence-electron chi connectivity index (χ1n) is 9.04. The van der Waals surface area contributed by atoms with Gasteiger partial charge in [0.05, 0.1) is 39.8 Å². The van der Waals surface area contributed by atoms with E-state index in [4.69, 9.17) is 14.2 Å². The monoisotopic (exact) mass is 427 g/mol. The molecule has 0 spiro atoms. The second-order valence-corrected chi connectivity index (χ2v) is 6.86. The first-order valence-corrected chi connectivity index (χ1v) is 9.92. The molecule has 8 heteroatoms. The molecule has 2 aromatic carbocycles. The highest BCUT2D eigenvalue weighted by Gasteiger charge is 2.14. The Bertz CT molecular complexity index is 1110. The molecule has 0 saturated carbocycles. The first-order chi connectivity index (χ1) is 14.6. The van der Waals surface area contributed by atoms with Gasteiger partial charge in [-0.1, -0.05) is 18.2 Å². The Balaban J connectivity index is 2.12. The van der Waals surface area contributed by atoms with Gasteiger partial charge in [0.1, 0.15) is 5.82 Å². The summed E-state index contributed by atoms with van der Waals surface area (Å²) >= 11 is 1.37. The van der Waals surface area contributed by atoms with Gasteiger partial charge in [0.15, 0.2) is 11.5 Å². The normalized spacial score (nSPS) is 11.7. The summed E-state index contributed by atoms with van der Waals surface area (Å²) in [4.78, 5) is 5.09. The third-order valence-corrected chi connectivity index (χ3v) is 5.05. The zero-order chi connectivity index (χ0) is 21.5. The Morgan fingerprint density at radius 3 is 2.40 bits per heavy atom. The van der Waals surface area contributed by atoms with Crippen LogP contribution in [0.1, 0.15) is 5.56 Å². The molecular weight excluding hydrogens is 405 g/mol. The second-order valence-electron chi connectivity index (χ2n) is 6.03. The molecular formula is C22H22FN3O3S. The van der Waals surface area contributed by atoms with Gasteiger partial charge in [0.2, 0.25) is 10.6 Å². The van der Waals surface area contributed by atoms with Gasteiger partial charge in [-0.2, -0.15) is 5.10 Å². The van der Waals surface area contributed by atoms with Gasteiger partial charge in [0, 0.05) is 16.5 Å². The van der Waals surface area contributed by atoms with Crippen LogP contribution in [0.2, 0.25) is 0 Å². The van der Waals surface area contributed by atoms with Crippen LogP contribution < -0.4 is 19.0 Å². The van der Waals surface area contributed by atoms with E-state index >= 15 is 0 Å². The molecule has 1 heterocycles. The lowest BCUT2D eigenvalue weighted by molar-refractivity contribution is 0.324. The number of aromatic nitrogens is 1. The Morgan fingerprint density at radius 1 is 1.10 bits per heavy atom. The Labute approximate surface area is 178 Å². The number of hydrogen-bond donors (Lipinski definition) is 0.